The molecule has 14 heavy (non-hydrogen) atoms. The van der Waals surface area contributed by atoms with Crippen LogP contribution in [-0.4, -0.2) is 60.4 Å². The van der Waals surface area contributed by atoms with Crippen molar-refractivity contribution < 1.29 is 9.59 Å². The molecule has 76 valence electrons. The third kappa shape index (κ3) is 6.41. The van der Waals surface area contributed by atoms with Crippen molar-refractivity contribution in [3.8, 4) is 0 Å². The van der Waals surface area contributed by atoms with Gasteiger partial charge in [-0.05, 0) is 0 Å². The van der Waals surface area contributed by atoms with E-state index in [4.69, 9.17) is 0 Å². The van der Waals surface area contributed by atoms with Crippen molar-refractivity contribution in [3.63, 3.8) is 0 Å². The van der Waals surface area contributed by atoms with Gasteiger partial charge in [-0.15, -0.1) is 0 Å². The van der Waals surface area contributed by atoms with Gasteiger partial charge in [-0.25, -0.2) is 0 Å². The van der Waals surface area contributed by atoms with Crippen molar-refractivity contribution >= 4 is 60.4 Å². The molecule has 0 aliphatic heterocycles. The Morgan fingerprint density at radius 1 is 0.786 bits per heavy atom. The van der Waals surface area contributed by atoms with E-state index in [2.05, 4.69) is 0 Å². The number of carbonyl (C=O) groups is 2. The van der Waals surface area contributed by atoms with E-state index in [9.17, 15) is 9.59 Å². The fourth-order valence-corrected chi connectivity index (χ4v) is 0.676. The minimum Gasteiger partial charge on any atom is -0.299 e. The maximum atomic E-state index is 11.5. The van der Waals surface area contributed by atoms with Crippen molar-refractivity contribution in [2.45, 2.75) is 48.0 Å². The van der Waals surface area contributed by atoms with E-state index in [0.717, 1.165) is 0 Å². The van der Waals surface area contributed by atoms with Gasteiger partial charge < -0.3 is 0 Å². The summed E-state index contributed by atoms with van der Waals surface area (Å²) in [4.78, 5) is 23.0. The Balaban J connectivity index is 0. The molecule has 0 heterocycles. The van der Waals surface area contributed by atoms with Crippen LogP contribution in [0.4, 0.5) is 0 Å². The molecule has 0 aromatic carbocycles. The molecule has 0 rings (SSSR count). The molecule has 0 aliphatic rings. The third-order valence-corrected chi connectivity index (χ3v) is 1.99. The Morgan fingerprint density at radius 2 is 1.00 bits per heavy atom. The van der Waals surface area contributed by atoms with Gasteiger partial charge in [0.2, 0.25) is 0 Å². The Kier molecular flexibility index (Phi) is 7.23. The van der Waals surface area contributed by atoms with Crippen molar-refractivity contribution in [1.29, 1.82) is 0 Å². The second-order valence-electron chi connectivity index (χ2n) is 5.52. The van der Waals surface area contributed by atoms with Crippen LogP contribution < -0.4 is 0 Å². The van der Waals surface area contributed by atoms with E-state index in [1.807, 2.05) is 41.5 Å². The molecule has 0 fully saturated rings. The van der Waals surface area contributed by atoms with Crippen LogP contribution >= 0.6 is 0 Å². The van der Waals surface area contributed by atoms with E-state index in [1.165, 1.54) is 0 Å². The number of hydrogen-bond donors (Lipinski definition) is 0. The third-order valence-electron chi connectivity index (χ3n) is 1.99. The zero-order chi connectivity index (χ0) is 10.9. The van der Waals surface area contributed by atoms with E-state index >= 15 is 0 Å². The number of ketones is 2. The van der Waals surface area contributed by atoms with Crippen molar-refractivity contribution in [2.75, 3.05) is 0 Å². The Labute approximate surface area is 127 Å². The van der Waals surface area contributed by atoms with Gasteiger partial charge in [-0.3, -0.25) is 9.59 Å². The van der Waals surface area contributed by atoms with Gasteiger partial charge in [0.05, 0.1) is 6.42 Å². The standard InChI is InChI=1S/C11H20O2.Ba/c1-10(2,3)8(12)7-9(13)11(4,5)6;/h7H2,1-6H3;/q;+2. The predicted octanol–water partition coefficient (Wildman–Crippen LogP) is 2.23. The van der Waals surface area contributed by atoms with Crippen LogP contribution in [0.5, 0.6) is 0 Å². The summed E-state index contributed by atoms with van der Waals surface area (Å²) in [6.45, 7) is 11.0. The van der Waals surface area contributed by atoms with Crippen LogP contribution in [-0.2, 0) is 9.59 Å². The smallest absolute Gasteiger partial charge is 0.299 e. The largest absolute Gasteiger partial charge is 2.00 e. The SMILES string of the molecule is CC(C)(C)C(=O)CC(=O)C(C)(C)C.[Ba+2]. The normalized spacial score (nSPS) is 11.9. The van der Waals surface area contributed by atoms with E-state index in [1.54, 1.807) is 0 Å². The monoisotopic (exact) mass is 322 g/mol. The van der Waals surface area contributed by atoms with Gasteiger partial charge in [0, 0.05) is 10.8 Å². The number of Topliss-reactive ketones (excluding diaryl/α,β-unsaturated/α-hetero) is 2. The molecular weight excluding hydrogens is 301 g/mol. The molecule has 0 aromatic rings. The molecule has 0 aromatic heterocycles. The van der Waals surface area contributed by atoms with E-state index in [-0.39, 0.29) is 66.9 Å². The second-order valence-corrected chi connectivity index (χ2v) is 5.52. The summed E-state index contributed by atoms with van der Waals surface area (Å²) in [6.07, 6.45) is 0.0625. The Bertz CT molecular complexity index is 194. The molecule has 0 aliphatic carbocycles. The first-order valence-electron chi connectivity index (χ1n) is 4.62. The molecular formula is C11H20BaO2+2. The van der Waals surface area contributed by atoms with E-state index in [0.29, 0.717) is 0 Å². The molecule has 0 spiro atoms. The van der Waals surface area contributed by atoms with E-state index < -0.39 is 10.8 Å². The predicted molar refractivity (Wildman–Crippen MR) is 59.3 cm³/mol. The molecule has 3 heteroatoms. The maximum absolute atomic E-state index is 11.5. The van der Waals surface area contributed by atoms with Gasteiger partial charge in [-0.1, -0.05) is 41.5 Å². The van der Waals surface area contributed by atoms with Gasteiger partial charge >= 0.3 is 48.9 Å². The summed E-state index contributed by atoms with van der Waals surface area (Å²) in [7, 11) is 0. The molecule has 0 N–H and O–H groups in total. The molecule has 0 amide bonds. The van der Waals surface area contributed by atoms with Crippen LogP contribution in [0.1, 0.15) is 48.0 Å². The first-order chi connectivity index (χ1) is 5.55. The summed E-state index contributed by atoms with van der Waals surface area (Å²) in [5, 5.41) is 0. The second kappa shape index (κ2) is 5.85. The van der Waals surface area contributed by atoms with Gasteiger partial charge in [0.25, 0.3) is 0 Å². The molecule has 2 nitrogen and oxygen atoms in total. The van der Waals surface area contributed by atoms with Gasteiger partial charge in [0.15, 0.2) is 0 Å². The van der Waals surface area contributed by atoms with Crippen molar-refractivity contribution in [3.05, 3.63) is 0 Å². The summed E-state index contributed by atoms with van der Waals surface area (Å²) in [5.41, 5.74) is -0.804. The summed E-state index contributed by atoms with van der Waals surface area (Å²) >= 11 is 0. The summed E-state index contributed by atoms with van der Waals surface area (Å²) in [6, 6.07) is 0. The van der Waals surface area contributed by atoms with Gasteiger partial charge in [0.1, 0.15) is 11.6 Å². The summed E-state index contributed by atoms with van der Waals surface area (Å²) < 4.78 is 0. The average Bonchev–Trinajstić information content (AvgIpc) is 1.82. The Morgan fingerprint density at radius 3 is 1.14 bits per heavy atom. The molecule has 0 unspecified atom stereocenters. The fourth-order valence-electron chi connectivity index (χ4n) is 0.676. The minimum atomic E-state index is -0.402. The van der Waals surface area contributed by atoms with Crippen molar-refractivity contribution in [2.24, 2.45) is 10.8 Å². The van der Waals surface area contributed by atoms with Gasteiger partial charge in [-0.2, -0.15) is 0 Å². The van der Waals surface area contributed by atoms with Crippen LogP contribution in [0.25, 0.3) is 0 Å². The van der Waals surface area contributed by atoms with Crippen molar-refractivity contribution in [1.82, 2.24) is 0 Å². The fraction of sp³-hybridized carbons (Fsp3) is 0.818. The molecule has 0 radical (unpaired) electrons. The molecule has 0 atom stereocenters. The maximum Gasteiger partial charge on any atom is 2.00 e. The summed E-state index contributed by atoms with van der Waals surface area (Å²) in [5.74, 6) is 0.0415. The zero-order valence-corrected chi connectivity index (χ0v) is 14.7. The zero-order valence-electron chi connectivity index (χ0n) is 10.2. The molecule has 0 saturated heterocycles. The van der Waals surface area contributed by atoms with Crippen LogP contribution in [0.3, 0.4) is 0 Å². The topological polar surface area (TPSA) is 34.1 Å². The average molecular weight is 322 g/mol. The molecule has 0 saturated carbocycles. The van der Waals surface area contributed by atoms with Crippen LogP contribution in [0, 0.1) is 10.8 Å². The quantitative estimate of drug-likeness (QED) is 0.577. The van der Waals surface area contributed by atoms with Crippen LogP contribution in [0.15, 0.2) is 0 Å². The Hall–Kier alpha value is 0.911. The first-order valence-corrected chi connectivity index (χ1v) is 4.62. The number of carbonyl (C=O) groups excluding carboxylic acids is 2. The first kappa shape index (κ1) is 17.3. The minimum absolute atomic E-state index is 0. The van der Waals surface area contributed by atoms with Crippen LogP contribution in [0.2, 0.25) is 0 Å². The molecule has 0 bridgehead atoms. The number of hydrogen-bond acceptors (Lipinski definition) is 2. The number of rotatable bonds is 2.